The van der Waals surface area contributed by atoms with Gasteiger partial charge in [-0.05, 0) is 31.4 Å². The predicted octanol–water partition coefficient (Wildman–Crippen LogP) is 1.93. The molecular weight excluding hydrogens is 297 g/mol. The third-order valence-electron chi connectivity index (χ3n) is 3.74. The van der Waals surface area contributed by atoms with Crippen LogP contribution in [0.3, 0.4) is 0 Å². The first kappa shape index (κ1) is 15.3. The Morgan fingerprint density at radius 1 is 1.26 bits per heavy atom. The van der Waals surface area contributed by atoms with Crippen LogP contribution in [0, 0.1) is 5.82 Å². The number of hydrogen-bond acceptors (Lipinski definition) is 5. The van der Waals surface area contributed by atoms with Crippen LogP contribution in [-0.4, -0.2) is 33.9 Å². The van der Waals surface area contributed by atoms with Gasteiger partial charge in [0.25, 0.3) is 5.91 Å². The Morgan fingerprint density at radius 3 is 2.87 bits per heavy atom. The van der Waals surface area contributed by atoms with Gasteiger partial charge in [0.1, 0.15) is 17.5 Å². The number of piperidine rings is 1. The van der Waals surface area contributed by atoms with Crippen LogP contribution in [-0.2, 0) is 6.54 Å². The number of aromatic nitrogens is 3. The number of halogens is 1. The van der Waals surface area contributed by atoms with Crippen molar-refractivity contribution in [2.24, 2.45) is 0 Å². The Morgan fingerprint density at radius 2 is 2.09 bits per heavy atom. The Balaban J connectivity index is 1.63. The summed E-state index contributed by atoms with van der Waals surface area (Å²) in [5.74, 6) is 0.479. The van der Waals surface area contributed by atoms with Crippen LogP contribution in [0.1, 0.15) is 35.4 Å². The van der Waals surface area contributed by atoms with Crippen LogP contribution < -0.4 is 10.2 Å². The van der Waals surface area contributed by atoms with Crippen LogP contribution >= 0.6 is 0 Å². The molecule has 0 bridgehead atoms. The van der Waals surface area contributed by atoms with Crippen molar-refractivity contribution < 1.29 is 9.18 Å². The summed E-state index contributed by atoms with van der Waals surface area (Å²) >= 11 is 0. The molecule has 0 saturated carbocycles. The Kier molecular flexibility index (Phi) is 4.75. The number of nitrogens with one attached hydrogen (secondary N) is 1. The van der Waals surface area contributed by atoms with E-state index in [0.717, 1.165) is 31.2 Å². The molecule has 1 amide bonds. The van der Waals surface area contributed by atoms with Crippen molar-refractivity contribution in [2.75, 3.05) is 18.0 Å². The summed E-state index contributed by atoms with van der Waals surface area (Å²) in [4.78, 5) is 26.5. The quantitative estimate of drug-likeness (QED) is 0.933. The van der Waals surface area contributed by atoms with E-state index in [-0.39, 0.29) is 12.1 Å². The predicted molar refractivity (Wildman–Crippen MR) is 83.5 cm³/mol. The van der Waals surface area contributed by atoms with Crippen molar-refractivity contribution in [3.05, 3.63) is 47.9 Å². The molecule has 120 valence electrons. The zero-order chi connectivity index (χ0) is 16.1. The number of carbonyl (C=O) groups excluding carboxylic acids is 1. The molecule has 0 aromatic carbocycles. The van der Waals surface area contributed by atoms with E-state index in [2.05, 4.69) is 25.2 Å². The highest BCUT2D eigenvalue weighted by Gasteiger charge is 2.13. The molecule has 2 aromatic rings. The summed E-state index contributed by atoms with van der Waals surface area (Å²) in [6, 6.07) is 3.03. The van der Waals surface area contributed by atoms with Crippen molar-refractivity contribution in [1.29, 1.82) is 0 Å². The normalized spacial score (nSPS) is 14.6. The molecule has 1 saturated heterocycles. The van der Waals surface area contributed by atoms with E-state index in [9.17, 15) is 9.18 Å². The minimum atomic E-state index is -0.541. The molecule has 23 heavy (non-hydrogen) atoms. The zero-order valence-electron chi connectivity index (χ0n) is 12.7. The molecule has 0 spiro atoms. The number of amides is 1. The van der Waals surface area contributed by atoms with Crippen molar-refractivity contribution in [3.8, 4) is 0 Å². The molecule has 1 aliphatic heterocycles. The Labute approximate surface area is 133 Å². The summed E-state index contributed by atoms with van der Waals surface area (Å²) < 4.78 is 13.1. The second-order valence-corrected chi connectivity index (χ2v) is 5.45. The highest BCUT2D eigenvalue weighted by Crippen LogP contribution is 2.16. The van der Waals surface area contributed by atoms with Gasteiger partial charge in [-0.2, -0.15) is 0 Å². The Bertz CT molecular complexity index is 688. The van der Waals surface area contributed by atoms with E-state index in [4.69, 9.17) is 0 Å². The lowest BCUT2D eigenvalue weighted by Gasteiger charge is -2.27. The standard InChI is InChI=1S/C16H18FN5O/c17-13-8-12(9-18-10-13)16(23)20-11-14-19-5-4-15(21-14)22-6-2-1-3-7-22/h4-5,8-10H,1-3,6-7,11H2,(H,20,23). The van der Waals surface area contributed by atoms with Gasteiger partial charge in [0, 0.05) is 25.5 Å². The Hall–Kier alpha value is -2.57. The fraction of sp³-hybridized carbons (Fsp3) is 0.375. The first-order valence-electron chi connectivity index (χ1n) is 7.68. The molecule has 7 heteroatoms. The van der Waals surface area contributed by atoms with Gasteiger partial charge in [-0.3, -0.25) is 9.78 Å². The van der Waals surface area contributed by atoms with Crippen molar-refractivity contribution in [2.45, 2.75) is 25.8 Å². The molecule has 1 fully saturated rings. The highest BCUT2D eigenvalue weighted by atomic mass is 19.1. The van der Waals surface area contributed by atoms with Gasteiger partial charge in [0.2, 0.25) is 0 Å². The first-order chi connectivity index (χ1) is 11.2. The topological polar surface area (TPSA) is 71.0 Å². The van der Waals surface area contributed by atoms with Gasteiger partial charge in [-0.1, -0.05) is 0 Å². The van der Waals surface area contributed by atoms with E-state index >= 15 is 0 Å². The summed E-state index contributed by atoms with van der Waals surface area (Å²) in [5.41, 5.74) is 0.178. The number of pyridine rings is 1. The number of carbonyl (C=O) groups is 1. The first-order valence-corrected chi connectivity index (χ1v) is 7.68. The minimum Gasteiger partial charge on any atom is -0.357 e. The van der Waals surface area contributed by atoms with Gasteiger partial charge in [0.05, 0.1) is 18.3 Å². The average molecular weight is 315 g/mol. The molecule has 0 atom stereocenters. The average Bonchev–Trinajstić information content (AvgIpc) is 2.61. The summed E-state index contributed by atoms with van der Waals surface area (Å²) in [7, 11) is 0. The minimum absolute atomic E-state index is 0.178. The molecule has 0 aliphatic carbocycles. The molecule has 3 rings (SSSR count). The smallest absolute Gasteiger partial charge is 0.253 e. The van der Waals surface area contributed by atoms with Gasteiger partial charge >= 0.3 is 0 Å². The van der Waals surface area contributed by atoms with E-state index in [1.54, 1.807) is 6.20 Å². The number of anilines is 1. The van der Waals surface area contributed by atoms with E-state index < -0.39 is 11.7 Å². The maximum atomic E-state index is 13.1. The summed E-state index contributed by atoms with van der Waals surface area (Å²) in [6.45, 7) is 2.19. The van der Waals surface area contributed by atoms with Crippen LogP contribution in [0.4, 0.5) is 10.2 Å². The third-order valence-corrected chi connectivity index (χ3v) is 3.74. The lowest BCUT2D eigenvalue weighted by atomic mass is 10.1. The van der Waals surface area contributed by atoms with Crippen LogP contribution in [0.2, 0.25) is 0 Å². The monoisotopic (exact) mass is 315 g/mol. The van der Waals surface area contributed by atoms with Gasteiger partial charge in [-0.25, -0.2) is 14.4 Å². The van der Waals surface area contributed by atoms with E-state index in [0.29, 0.717) is 5.82 Å². The van der Waals surface area contributed by atoms with E-state index in [1.165, 1.54) is 25.5 Å². The fourth-order valence-electron chi connectivity index (χ4n) is 2.57. The number of rotatable bonds is 4. The molecule has 0 unspecified atom stereocenters. The third kappa shape index (κ3) is 4.00. The molecule has 1 aliphatic rings. The lowest BCUT2D eigenvalue weighted by Crippen LogP contribution is -2.31. The van der Waals surface area contributed by atoms with Crippen molar-refractivity contribution in [3.63, 3.8) is 0 Å². The summed E-state index contributed by atoms with van der Waals surface area (Å²) in [5, 5.41) is 2.68. The molecule has 0 radical (unpaired) electrons. The maximum Gasteiger partial charge on any atom is 0.253 e. The number of nitrogens with zero attached hydrogens (tertiary/aromatic N) is 4. The fourth-order valence-corrected chi connectivity index (χ4v) is 2.57. The second kappa shape index (κ2) is 7.13. The molecule has 3 heterocycles. The van der Waals surface area contributed by atoms with Crippen LogP contribution in [0.15, 0.2) is 30.7 Å². The molecular formula is C16H18FN5O. The maximum absolute atomic E-state index is 13.1. The van der Waals surface area contributed by atoms with Crippen LogP contribution in [0.25, 0.3) is 0 Å². The van der Waals surface area contributed by atoms with Gasteiger partial charge < -0.3 is 10.2 Å². The van der Waals surface area contributed by atoms with Crippen LogP contribution in [0.5, 0.6) is 0 Å². The number of hydrogen-bond donors (Lipinski definition) is 1. The molecule has 1 N–H and O–H groups in total. The summed E-state index contributed by atoms with van der Waals surface area (Å²) in [6.07, 6.45) is 7.67. The highest BCUT2D eigenvalue weighted by molar-refractivity contribution is 5.93. The SMILES string of the molecule is O=C(NCc1nccc(N2CCCCC2)n1)c1cncc(F)c1. The van der Waals surface area contributed by atoms with Crippen molar-refractivity contribution in [1.82, 2.24) is 20.3 Å². The van der Waals surface area contributed by atoms with Crippen molar-refractivity contribution >= 4 is 11.7 Å². The largest absolute Gasteiger partial charge is 0.357 e. The molecule has 6 nitrogen and oxygen atoms in total. The molecule has 2 aromatic heterocycles. The van der Waals surface area contributed by atoms with E-state index in [1.807, 2.05) is 6.07 Å². The van der Waals surface area contributed by atoms with Gasteiger partial charge in [-0.15, -0.1) is 0 Å². The zero-order valence-corrected chi connectivity index (χ0v) is 12.7. The van der Waals surface area contributed by atoms with Gasteiger partial charge in [0.15, 0.2) is 0 Å². The second-order valence-electron chi connectivity index (χ2n) is 5.45. The lowest BCUT2D eigenvalue weighted by molar-refractivity contribution is 0.0949.